The average Bonchev–Trinajstić information content (AvgIpc) is 2.96. The van der Waals surface area contributed by atoms with Gasteiger partial charge in [-0.3, -0.25) is 14.4 Å². The predicted octanol–water partition coefficient (Wildman–Crippen LogP) is 1.52. The Balaban J connectivity index is 2.23. The predicted molar refractivity (Wildman–Crippen MR) is 161 cm³/mol. The van der Waals surface area contributed by atoms with Gasteiger partial charge in [0.05, 0.1) is 13.2 Å². The minimum absolute atomic E-state index is 0.00971. The first-order valence-electron chi connectivity index (χ1n) is 14.3. The van der Waals surface area contributed by atoms with E-state index in [9.17, 15) is 24.3 Å². The zero-order valence-corrected chi connectivity index (χ0v) is 24.7. The van der Waals surface area contributed by atoms with Gasteiger partial charge in [-0.15, -0.1) is 0 Å². The number of methoxy groups -OCH3 is 1. The number of carboxylic acids is 1. The van der Waals surface area contributed by atoms with Gasteiger partial charge in [0.25, 0.3) is 0 Å². The molecule has 0 aliphatic carbocycles. The first-order valence-corrected chi connectivity index (χ1v) is 14.3. The highest BCUT2D eigenvalue weighted by molar-refractivity contribution is 5.94. The lowest BCUT2D eigenvalue weighted by Crippen LogP contribution is -2.58. The van der Waals surface area contributed by atoms with Gasteiger partial charge in [-0.25, -0.2) is 4.79 Å². The first kappa shape index (κ1) is 34.2. The highest BCUT2D eigenvalue weighted by Crippen LogP contribution is 2.14. The van der Waals surface area contributed by atoms with E-state index in [-0.39, 0.29) is 31.6 Å². The summed E-state index contributed by atoms with van der Waals surface area (Å²) in [5.74, 6) is -2.21. The zero-order chi connectivity index (χ0) is 31.1. The summed E-state index contributed by atoms with van der Waals surface area (Å²) in [6.07, 6.45) is 2.06. The topological polar surface area (TPSA) is 186 Å². The van der Waals surface area contributed by atoms with Crippen LogP contribution in [0.5, 0.6) is 5.75 Å². The Hall–Kier alpha value is -3.96. The molecule has 3 amide bonds. The molecule has 0 unspecified atom stereocenters. The molecule has 4 atom stereocenters. The molecule has 0 bridgehead atoms. The van der Waals surface area contributed by atoms with Crippen molar-refractivity contribution in [3.05, 3.63) is 65.7 Å². The lowest BCUT2D eigenvalue weighted by molar-refractivity contribution is -0.142. The van der Waals surface area contributed by atoms with E-state index in [0.717, 1.165) is 11.1 Å². The van der Waals surface area contributed by atoms with Crippen LogP contribution in [0.15, 0.2) is 54.6 Å². The third kappa shape index (κ3) is 11.9. The highest BCUT2D eigenvalue weighted by Gasteiger charge is 2.31. The van der Waals surface area contributed by atoms with Crippen LogP contribution in [0.2, 0.25) is 0 Å². The Morgan fingerprint density at radius 3 is 1.93 bits per heavy atom. The van der Waals surface area contributed by atoms with Gasteiger partial charge in [-0.2, -0.15) is 0 Å². The maximum atomic E-state index is 13.6. The molecule has 2 rings (SSSR count). The summed E-state index contributed by atoms with van der Waals surface area (Å²) < 4.78 is 5.21. The van der Waals surface area contributed by atoms with Gasteiger partial charge in [-0.05, 0) is 67.8 Å². The summed E-state index contributed by atoms with van der Waals surface area (Å²) in [5.41, 5.74) is 13.3. The minimum Gasteiger partial charge on any atom is -0.497 e. The summed E-state index contributed by atoms with van der Waals surface area (Å²) in [4.78, 5) is 51.7. The fourth-order valence-electron chi connectivity index (χ4n) is 4.44. The number of nitrogens with one attached hydrogen (secondary N) is 3. The zero-order valence-electron chi connectivity index (χ0n) is 24.7. The molecule has 11 heteroatoms. The molecule has 42 heavy (non-hydrogen) atoms. The molecule has 230 valence electrons. The summed E-state index contributed by atoms with van der Waals surface area (Å²) in [6, 6.07) is 12.3. The van der Waals surface area contributed by atoms with Crippen LogP contribution in [0.3, 0.4) is 0 Å². The number of ether oxygens (including phenoxy) is 1. The number of unbranched alkanes of at least 4 members (excludes halogenated alkanes) is 1. The molecule has 0 radical (unpaired) electrons. The minimum atomic E-state index is -1.16. The molecule has 0 aromatic heterocycles. The quantitative estimate of drug-likeness (QED) is 0.143. The van der Waals surface area contributed by atoms with Crippen molar-refractivity contribution in [2.75, 3.05) is 13.7 Å². The van der Waals surface area contributed by atoms with E-state index in [2.05, 4.69) is 16.0 Å². The molecular weight excluding hydrogens is 538 g/mol. The van der Waals surface area contributed by atoms with Crippen LogP contribution in [0, 0.1) is 5.92 Å². The monoisotopic (exact) mass is 583 g/mol. The van der Waals surface area contributed by atoms with E-state index in [0.29, 0.717) is 25.1 Å². The molecule has 0 aliphatic rings. The number of amides is 3. The first-order chi connectivity index (χ1) is 20.0. The van der Waals surface area contributed by atoms with Crippen molar-refractivity contribution >= 4 is 23.7 Å². The van der Waals surface area contributed by atoms with Gasteiger partial charge >= 0.3 is 5.97 Å². The normalized spacial score (nSPS) is 13.9. The Labute approximate surface area is 247 Å². The summed E-state index contributed by atoms with van der Waals surface area (Å²) in [6.45, 7) is 4.20. The Bertz CT molecular complexity index is 1140. The van der Waals surface area contributed by atoms with E-state index in [1.165, 1.54) is 0 Å². The fourth-order valence-corrected chi connectivity index (χ4v) is 4.44. The summed E-state index contributed by atoms with van der Waals surface area (Å²) >= 11 is 0. The lowest BCUT2D eigenvalue weighted by Gasteiger charge is -2.26. The van der Waals surface area contributed by atoms with E-state index < -0.39 is 47.9 Å². The van der Waals surface area contributed by atoms with Crippen LogP contribution < -0.4 is 32.2 Å². The number of carbonyl (C=O) groups excluding carboxylic acids is 3. The molecule has 0 fully saturated rings. The second-order valence-corrected chi connectivity index (χ2v) is 10.8. The standard InChI is InChI=1S/C31H45N5O6/c1-20(2)17-26(29(38)34-25(31(40)41)11-7-8-16-32)36-30(39)27(19-22-12-14-23(42-3)15-13-22)35-28(37)24(33)18-21-9-5-4-6-10-21/h4-6,9-10,12-15,20,24-27H,7-8,11,16-19,32-33H2,1-3H3,(H,34,38)(H,35,37)(H,36,39)(H,40,41)/t24-,25-,26-,27-/m1/s1. The summed E-state index contributed by atoms with van der Waals surface area (Å²) in [7, 11) is 1.55. The summed E-state index contributed by atoms with van der Waals surface area (Å²) in [5, 5.41) is 17.7. The lowest BCUT2D eigenvalue weighted by atomic mass is 9.99. The van der Waals surface area contributed by atoms with Gasteiger partial charge in [0.15, 0.2) is 0 Å². The number of aliphatic carboxylic acids is 1. The van der Waals surface area contributed by atoms with Gasteiger partial charge in [0.1, 0.15) is 23.9 Å². The van der Waals surface area contributed by atoms with Gasteiger partial charge in [0.2, 0.25) is 17.7 Å². The fraction of sp³-hybridized carbons (Fsp3) is 0.484. The van der Waals surface area contributed by atoms with Crippen molar-refractivity contribution < 1.29 is 29.0 Å². The maximum Gasteiger partial charge on any atom is 0.326 e. The van der Waals surface area contributed by atoms with Crippen LogP contribution in [-0.4, -0.2) is 66.6 Å². The van der Waals surface area contributed by atoms with Crippen LogP contribution in [0.1, 0.15) is 50.7 Å². The molecule has 0 aliphatic heterocycles. The van der Waals surface area contributed by atoms with Crippen LogP contribution in [-0.2, 0) is 32.0 Å². The van der Waals surface area contributed by atoms with Crippen molar-refractivity contribution in [3.63, 3.8) is 0 Å². The number of benzene rings is 2. The van der Waals surface area contributed by atoms with E-state index in [1.54, 1.807) is 31.4 Å². The van der Waals surface area contributed by atoms with Gasteiger partial charge < -0.3 is 37.3 Å². The smallest absolute Gasteiger partial charge is 0.326 e. The molecule has 0 heterocycles. The largest absolute Gasteiger partial charge is 0.497 e. The number of carboxylic acid groups (broad SMARTS) is 1. The molecule has 0 saturated carbocycles. The Morgan fingerprint density at radius 2 is 1.36 bits per heavy atom. The Morgan fingerprint density at radius 1 is 0.786 bits per heavy atom. The van der Waals surface area contributed by atoms with Crippen LogP contribution in [0.4, 0.5) is 0 Å². The number of carbonyl (C=O) groups is 4. The molecule has 0 spiro atoms. The molecule has 2 aromatic rings. The number of nitrogens with two attached hydrogens (primary N) is 2. The molecule has 2 aromatic carbocycles. The van der Waals surface area contributed by atoms with Crippen molar-refractivity contribution in [1.29, 1.82) is 0 Å². The number of hydrogen-bond acceptors (Lipinski definition) is 7. The van der Waals surface area contributed by atoms with Crippen LogP contribution in [0.25, 0.3) is 0 Å². The van der Waals surface area contributed by atoms with Crippen molar-refractivity contribution in [3.8, 4) is 5.75 Å². The Kier molecular flexibility index (Phi) is 14.5. The van der Waals surface area contributed by atoms with Crippen molar-refractivity contribution in [2.24, 2.45) is 17.4 Å². The third-order valence-corrected chi connectivity index (χ3v) is 6.77. The second kappa shape index (κ2) is 17.8. The van der Waals surface area contributed by atoms with Gasteiger partial charge in [-0.1, -0.05) is 56.3 Å². The van der Waals surface area contributed by atoms with Crippen molar-refractivity contribution in [2.45, 2.75) is 76.5 Å². The SMILES string of the molecule is COc1ccc(C[C@@H](NC(=O)[C@H](N)Cc2ccccc2)C(=O)N[C@H](CC(C)C)C(=O)N[C@H](CCCCN)C(=O)O)cc1. The molecule has 8 N–H and O–H groups in total. The van der Waals surface area contributed by atoms with Gasteiger partial charge in [0, 0.05) is 6.42 Å². The molecule has 0 saturated heterocycles. The van der Waals surface area contributed by atoms with E-state index >= 15 is 0 Å². The van der Waals surface area contributed by atoms with Crippen molar-refractivity contribution in [1.82, 2.24) is 16.0 Å². The maximum absolute atomic E-state index is 13.6. The molecular formula is C31H45N5O6. The average molecular weight is 584 g/mol. The molecule has 11 nitrogen and oxygen atoms in total. The number of rotatable bonds is 18. The van der Waals surface area contributed by atoms with E-state index in [1.807, 2.05) is 44.2 Å². The van der Waals surface area contributed by atoms with E-state index in [4.69, 9.17) is 16.2 Å². The highest BCUT2D eigenvalue weighted by atomic mass is 16.5. The van der Waals surface area contributed by atoms with Crippen LogP contribution >= 0.6 is 0 Å². The third-order valence-electron chi connectivity index (χ3n) is 6.77. The second-order valence-electron chi connectivity index (χ2n) is 10.8. The number of hydrogen-bond donors (Lipinski definition) is 6.